The summed E-state index contributed by atoms with van der Waals surface area (Å²) in [6.45, 7) is 11.4. The lowest BCUT2D eigenvalue weighted by molar-refractivity contribution is 0.0417. The average Bonchev–Trinajstić information content (AvgIpc) is 2.68. The molecule has 0 spiro atoms. The molecule has 2 aromatic rings. The lowest BCUT2D eigenvalue weighted by atomic mass is 9.94. The molecule has 0 fully saturated rings. The fraction of sp³-hybridized carbons (Fsp3) is 0.500. The summed E-state index contributed by atoms with van der Waals surface area (Å²) in [4.78, 5) is 0. The maximum Gasteiger partial charge on any atom is 0.261 e. The van der Waals surface area contributed by atoms with E-state index in [-0.39, 0.29) is 23.5 Å². The van der Waals surface area contributed by atoms with E-state index in [1.54, 1.807) is 0 Å². The first-order valence-electron chi connectivity index (χ1n) is 10.3. The normalized spacial score (nSPS) is 15.8. The molecule has 0 heterocycles. The molecular formula is C24H36O3Si. The molecule has 28 heavy (non-hydrogen) atoms. The Morgan fingerprint density at radius 2 is 1.36 bits per heavy atom. The summed E-state index contributed by atoms with van der Waals surface area (Å²) in [5.41, 5.74) is 0. The molecule has 0 radical (unpaired) electrons. The molecule has 0 aliphatic carbocycles. The highest BCUT2D eigenvalue weighted by molar-refractivity contribution is 6.99. The maximum absolute atomic E-state index is 9.91. The lowest BCUT2D eigenvalue weighted by Gasteiger charge is -2.43. The van der Waals surface area contributed by atoms with Crippen molar-refractivity contribution in [1.29, 1.82) is 0 Å². The van der Waals surface area contributed by atoms with E-state index >= 15 is 0 Å². The van der Waals surface area contributed by atoms with Gasteiger partial charge in [0.25, 0.3) is 8.32 Å². The standard InChI is InChI=1S/C24H36O3Si/c1-19(16-20(2)23(26)17-25)18-27-28(24(3,4)5,21-12-8-6-9-13-21)22-14-10-7-11-15-22/h6-15,19-20,23,25-26H,16-18H2,1-5H3/t19-,20-,23+/m0/s1. The Morgan fingerprint density at radius 1 is 0.893 bits per heavy atom. The molecule has 2 aromatic carbocycles. The van der Waals surface area contributed by atoms with E-state index in [0.29, 0.717) is 6.61 Å². The predicted octanol–water partition coefficient (Wildman–Crippen LogP) is 3.58. The van der Waals surface area contributed by atoms with E-state index in [4.69, 9.17) is 4.43 Å². The summed E-state index contributed by atoms with van der Waals surface area (Å²) < 4.78 is 6.94. The van der Waals surface area contributed by atoms with Gasteiger partial charge in [0.05, 0.1) is 12.7 Å². The molecule has 3 nitrogen and oxygen atoms in total. The molecule has 0 saturated carbocycles. The summed E-state index contributed by atoms with van der Waals surface area (Å²) in [6, 6.07) is 21.3. The SMILES string of the molecule is C[C@H](CO[Si](c1ccccc1)(c1ccccc1)C(C)(C)C)C[C@H](C)[C@H](O)CO. The Kier molecular flexibility index (Phi) is 8.02. The van der Waals surface area contributed by atoms with Gasteiger partial charge >= 0.3 is 0 Å². The highest BCUT2D eigenvalue weighted by atomic mass is 28.4. The van der Waals surface area contributed by atoms with Crippen LogP contribution in [0.3, 0.4) is 0 Å². The van der Waals surface area contributed by atoms with Gasteiger partial charge in [-0.15, -0.1) is 0 Å². The van der Waals surface area contributed by atoms with E-state index < -0.39 is 14.4 Å². The van der Waals surface area contributed by atoms with E-state index in [1.807, 2.05) is 6.92 Å². The van der Waals surface area contributed by atoms with Gasteiger partial charge < -0.3 is 14.6 Å². The number of hydrogen-bond donors (Lipinski definition) is 2. The average molecular weight is 401 g/mol. The van der Waals surface area contributed by atoms with Crippen LogP contribution in [0.4, 0.5) is 0 Å². The zero-order chi connectivity index (χ0) is 20.8. The second kappa shape index (κ2) is 9.84. The van der Waals surface area contributed by atoms with Gasteiger partial charge in [-0.1, -0.05) is 95.3 Å². The van der Waals surface area contributed by atoms with Crippen LogP contribution < -0.4 is 10.4 Å². The van der Waals surface area contributed by atoms with Crippen molar-refractivity contribution in [3.63, 3.8) is 0 Å². The third-order valence-electron chi connectivity index (χ3n) is 5.62. The fourth-order valence-corrected chi connectivity index (χ4v) is 8.76. The van der Waals surface area contributed by atoms with Crippen LogP contribution in [0.1, 0.15) is 41.0 Å². The first-order chi connectivity index (χ1) is 13.2. The number of benzene rings is 2. The van der Waals surface area contributed by atoms with E-state index in [1.165, 1.54) is 10.4 Å². The summed E-state index contributed by atoms with van der Waals surface area (Å²) >= 11 is 0. The summed E-state index contributed by atoms with van der Waals surface area (Å²) in [5.74, 6) is 0.334. The Hall–Kier alpha value is -1.46. The molecular weight excluding hydrogens is 364 g/mol. The van der Waals surface area contributed by atoms with Crippen LogP contribution in [0.5, 0.6) is 0 Å². The first-order valence-corrected chi connectivity index (χ1v) is 12.2. The van der Waals surface area contributed by atoms with Crippen LogP contribution >= 0.6 is 0 Å². The van der Waals surface area contributed by atoms with Crippen molar-refractivity contribution in [2.75, 3.05) is 13.2 Å². The molecule has 0 aliphatic heterocycles. The number of aliphatic hydroxyl groups is 2. The molecule has 154 valence electrons. The number of aliphatic hydroxyl groups excluding tert-OH is 2. The van der Waals surface area contributed by atoms with Crippen molar-refractivity contribution in [2.24, 2.45) is 11.8 Å². The third kappa shape index (κ3) is 5.12. The Morgan fingerprint density at radius 3 is 1.75 bits per heavy atom. The number of hydrogen-bond acceptors (Lipinski definition) is 3. The van der Waals surface area contributed by atoms with Gasteiger partial charge in [0.15, 0.2) is 0 Å². The number of rotatable bonds is 9. The van der Waals surface area contributed by atoms with Crippen molar-refractivity contribution >= 4 is 18.7 Å². The van der Waals surface area contributed by atoms with Crippen LogP contribution in [0, 0.1) is 11.8 Å². The largest absolute Gasteiger partial charge is 0.407 e. The van der Waals surface area contributed by atoms with Gasteiger partial charge in [-0.3, -0.25) is 0 Å². The van der Waals surface area contributed by atoms with E-state index in [2.05, 4.69) is 88.4 Å². The molecule has 2 N–H and O–H groups in total. The van der Waals surface area contributed by atoms with Crippen molar-refractivity contribution < 1.29 is 14.6 Å². The minimum Gasteiger partial charge on any atom is -0.407 e. The van der Waals surface area contributed by atoms with Gasteiger partial charge in [0.2, 0.25) is 0 Å². The van der Waals surface area contributed by atoms with Crippen LogP contribution in [0.2, 0.25) is 5.04 Å². The summed E-state index contributed by atoms with van der Waals surface area (Å²) in [7, 11) is -2.51. The Balaban J connectivity index is 2.37. The minimum absolute atomic E-state index is 0.0361. The second-order valence-electron chi connectivity index (χ2n) is 9.04. The summed E-state index contributed by atoms with van der Waals surface area (Å²) in [5, 5.41) is 21.6. The molecule has 0 unspecified atom stereocenters. The Bertz CT molecular complexity index is 657. The summed E-state index contributed by atoms with van der Waals surface area (Å²) in [6.07, 6.45) is 0.148. The second-order valence-corrected chi connectivity index (χ2v) is 13.3. The third-order valence-corrected chi connectivity index (χ3v) is 10.6. The highest BCUT2D eigenvalue weighted by Crippen LogP contribution is 2.37. The van der Waals surface area contributed by atoms with Gasteiger partial charge in [-0.05, 0) is 33.7 Å². The monoisotopic (exact) mass is 400 g/mol. The molecule has 4 heteroatoms. The predicted molar refractivity (Wildman–Crippen MR) is 120 cm³/mol. The van der Waals surface area contributed by atoms with E-state index in [0.717, 1.165) is 6.42 Å². The fourth-order valence-electron chi connectivity index (χ4n) is 4.07. The molecule has 0 amide bonds. The van der Waals surface area contributed by atoms with Gasteiger partial charge in [0.1, 0.15) is 0 Å². The van der Waals surface area contributed by atoms with Crippen molar-refractivity contribution in [3.05, 3.63) is 60.7 Å². The molecule has 0 aromatic heterocycles. The highest BCUT2D eigenvalue weighted by Gasteiger charge is 2.50. The molecule has 2 rings (SSSR count). The quantitative estimate of drug-likeness (QED) is 0.633. The van der Waals surface area contributed by atoms with Crippen LogP contribution in [-0.2, 0) is 4.43 Å². The molecule has 0 aliphatic rings. The van der Waals surface area contributed by atoms with Gasteiger partial charge in [0, 0.05) is 6.61 Å². The molecule has 3 atom stereocenters. The zero-order valence-electron chi connectivity index (χ0n) is 17.9. The molecule has 0 saturated heterocycles. The topological polar surface area (TPSA) is 49.7 Å². The van der Waals surface area contributed by atoms with Crippen molar-refractivity contribution in [1.82, 2.24) is 0 Å². The van der Waals surface area contributed by atoms with Crippen LogP contribution in [0.15, 0.2) is 60.7 Å². The van der Waals surface area contributed by atoms with Gasteiger partial charge in [-0.25, -0.2) is 0 Å². The lowest BCUT2D eigenvalue weighted by Crippen LogP contribution is -2.66. The van der Waals surface area contributed by atoms with Crippen LogP contribution in [-0.4, -0.2) is 37.8 Å². The zero-order valence-corrected chi connectivity index (χ0v) is 18.9. The smallest absolute Gasteiger partial charge is 0.261 e. The minimum atomic E-state index is -2.51. The van der Waals surface area contributed by atoms with Gasteiger partial charge in [-0.2, -0.15) is 0 Å². The van der Waals surface area contributed by atoms with Crippen LogP contribution in [0.25, 0.3) is 0 Å². The molecule has 0 bridgehead atoms. The Labute approximate surface area is 171 Å². The van der Waals surface area contributed by atoms with E-state index in [9.17, 15) is 10.2 Å². The first kappa shape index (κ1) is 22.8. The maximum atomic E-state index is 9.91. The van der Waals surface area contributed by atoms with Crippen molar-refractivity contribution in [2.45, 2.75) is 52.2 Å². The van der Waals surface area contributed by atoms with Crippen molar-refractivity contribution in [3.8, 4) is 0 Å².